The van der Waals surface area contributed by atoms with E-state index in [4.69, 9.17) is 4.74 Å². The van der Waals surface area contributed by atoms with Crippen LogP contribution in [0.1, 0.15) is 54.2 Å². The van der Waals surface area contributed by atoms with Crippen LogP contribution in [-0.2, 0) is 13.0 Å². The van der Waals surface area contributed by atoms with Crippen LogP contribution in [0, 0.1) is 6.92 Å². The molecule has 3 aromatic rings. The highest BCUT2D eigenvalue weighted by Crippen LogP contribution is 2.37. The monoisotopic (exact) mass is 399 g/mol. The number of nitrogens with one attached hydrogen (secondary N) is 1. The molecule has 0 radical (unpaired) electrons. The number of pyridine rings is 1. The van der Waals surface area contributed by atoms with Crippen LogP contribution < -0.4 is 10.1 Å². The molecule has 1 N–H and O–H groups in total. The van der Waals surface area contributed by atoms with Crippen molar-refractivity contribution in [3.63, 3.8) is 0 Å². The van der Waals surface area contributed by atoms with E-state index in [0.29, 0.717) is 12.4 Å². The predicted molar refractivity (Wildman–Crippen MR) is 104 cm³/mol. The standard InChI is InChI=1S/C21H23F2N5O/c1-12-16-5-7-28(20(16)26-11-25-12)14-2-3-15(9-14)29-21-17-10-24-6-4-13(17)8-18(27-21)19(22)23/h5,7-8,11,14-15,19,24H,2-4,6,9-10H2,1H3. The van der Waals surface area contributed by atoms with Crippen LogP contribution in [0.15, 0.2) is 24.7 Å². The minimum Gasteiger partial charge on any atom is -0.474 e. The maximum atomic E-state index is 13.3. The summed E-state index contributed by atoms with van der Waals surface area (Å²) < 4.78 is 35.0. The Labute approximate surface area is 167 Å². The first-order valence-corrected chi connectivity index (χ1v) is 10.1. The molecule has 0 spiro atoms. The molecule has 0 bridgehead atoms. The average molecular weight is 399 g/mol. The fourth-order valence-electron chi connectivity index (χ4n) is 4.50. The number of fused-ring (bicyclic) bond motifs is 2. The van der Waals surface area contributed by atoms with Gasteiger partial charge in [-0.1, -0.05) is 0 Å². The van der Waals surface area contributed by atoms with Crippen molar-refractivity contribution in [2.24, 2.45) is 0 Å². The number of alkyl halides is 2. The Morgan fingerprint density at radius 1 is 1.28 bits per heavy atom. The molecule has 5 rings (SSSR count). The lowest BCUT2D eigenvalue weighted by Crippen LogP contribution is -2.26. The van der Waals surface area contributed by atoms with Gasteiger partial charge in [0, 0.05) is 36.2 Å². The number of hydrogen-bond acceptors (Lipinski definition) is 5. The van der Waals surface area contributed by atoms with E-state index in [2.05, 4.69) is 37.1 Å². The highest BCUT2D eigenvalue weighted by Gasteiger charge is 2.30. The Morgan fingerprint density at radius 3 is 3.03 bits per heavy atom. The molecule has 6 nitrogen and oxygen atoms in total. The van der Waals surface area contributed by atoms with Crippen molar-refractivity contribution >= 4 is 11.0 Å². The number of aryl methyl sites for hydroxylation is 1. The number of ether oxygens (including phenoxy) is 1. The molecule has 2 aliphatic rings. The van der Waals surface area contributed by atoms with Crippen LogP contribution in [0.4, 0.5) is 8.78 Å². The largest absolute Gasteiger partial charge is 0.474 e. The van der Waals surface area contributed by atoms with Gasteiger partial charge in [-0.3, -0.25) is 0 Å². The molecule has 0 aromatic carbocycles. The number of aromatic nitrogens is 4. The van der Waals surface area contributed by atoms with Gasteiger partial charge in [0.25, 0.3) is 6.43 Å². The summed E-state index contributed by atoms with van der Waals surface area (Å²) in [5, 5.41) is 4.34. The Bertz CT molecular complexity index is 1050. The molecule has 4 heterocycles. The molecule has 8 heteroatoms. The lowest BCUT2D eigenvalue weighted by molar-refractivity contribution is 0.141. The Kier molecular flexibility index (Phi) is 4.66. The normalized spacial score (nSPS) is 21.7. The van der Waals surface area contributed by atoms with Crippen molar-refractivity contribution in [2.75, 3.05) is 6.54 Å². The maximum absolute atomic E-state index is 13.3. The zero-order valence-electron chi connectivity index (χ0n) is 16.2. The van der Waals surface area contributed by atoms with Crippen LogP contribution >= 0.6 is 0 Å². The van der Waals surface area contributed by atoms with Gasteiger partial charge < -0.3 is 14.6 Å². The summed E-state index contributed by atoms with van der Waals surface area (Å²) in [7, 11) is 0. The van der Waals surface area contributed by atoms with Crippen LogP contribution in [-0.4, -0.2) is 32.2 Å². The molecule has 29 heavy (non-hydrogen) atoms. The Morgan fingerprint density at radius 2 is 2.17 bits per heavy atom. The van der Waals surface area contributed by atoms with Gasteiger partial charge in [0.1, 0.15) is 23.8 Å². The van der Waals surface area contributed by atoms with Gasteiger partial charge in [0.05, 0.1) is 5.69 Å². The fraction of sp³-hybridized carbons (Fsp3) is 0.476. The second-order valence-electron chi connectivity index (χ2n) is 7.84. The van der Waals surface area contributed by atoms with Gasteiger partial charge in [-0.15, -0.1) is 0 Å². The first-order valence-electron chi connectivity index (χ1n) is 10.1. The van der Waals surface area contributed by atoms with Crippen molar-refractivity contribution in [1.82, 2.24) is 24.8 Å². The third-order valence-electron chi connectivity index (χ3n) is 6.03. The van der Waals surface area contributed by atoms with Crippen molar-refractivity contribution in [1.29, 1.82) is 0 Å². The number of rotatable bonds is 4. The molecule has 1 saturated carbocycles. The lowest BCUT2D eigenvalue weighted by Gasteiger charge is -2.23. The Balaban J connectivity index is 1.38. The number of halogens is 2. The van der Waals surface area contributed by atoms with Crippen molar-refractivity contribution in [3.8, 4) is 5.88 Å². The van der Waals surface area contributed by atoms with E-state index in [1.807, 2.05) is 6.92 Å². The van der Waals surface area contributed by atoms with Gasteiger partial charge in [-0.05, 0) is 50.4 Å². The number of hydrogen-bond donors (Lipinski definition) is 1. The molecule has 2 atom stereocenters. The summed E-state index contributed by atoms with van der Waals surface area (Å²) in [6, 6.07) is 3.84. The van der Waals surface area contributed by atoms with Crippen LogP contribution in [0.3, 0.4) is 0 Å². The molecule has 1 aliphatic heterocycles. The molecule has 0 saturated heterocycles. The minimum atomic E-state index is -2.59. The highest BCUT2D eigenvalue weighted by molar-refractivity contribution is 5.78. The van der Waals surface area contributed by atoms with E-state index in [1.54, 1.807) is 6.33 Å². The average Bonchev–Trinajstić information content (AvgIpc) is 3.35. The van der Waals surface area contributed by atoms with Gasteiger partial charge in [-0.25, -0.2) is 23.7 Å². The van der Waals surface area contributed by atoms with E-state index < -0.39 is 6.43 Å². The van der Waals surface area contributed by atoms with E-state index >= 15 is 0 Å². The van der Waals surface area contributed by atoms with Crippen LogP contribution in [0.5, 0.6) is 5.88 Å². The molecule has 2 unspecified atom stereocenters. The van der Waals surface area contributed by atoms with E-state index in [9.17, 15) is 8.78 Å². The van der Waals surface area contributed by atoms with Gasteiger partial charge in [0.15, 0.2) is 0 Å². The zero-order valence-corrected chi connectivity index (χ0v) is 16.2. The molecule has 152 valence electrons. The maximum Gasteiger partial charge on any atom is 0.280 e. The second-order valence-corrected chi connectivity index (χ2v) is 7.84. The number of nitrogens with zero attached hydrogens (tertiary/aromatic N) is 4. The molecule has 0 amide bonds. The quantitative estimate of drug-likeness (QED) is 0.721. The zero-order chi connectivity index (χ0) is 20.0. The van der Waals surface area contributed by atoms with Gasteiger partial charge in [0.2, 0.25) is 5.88 Å². The molecule has 1 aliphatic carbocycles. The Hall–Kier alpha value is -2.61. The highest BCUT2D eigenvalue weighted by atomic mass is 19.3. The van der Waals surface area contributed by atoms with Crippen LogP contribution in [0.25, 0.3) is 11.0 Å². The fourth-order valence-corrected chi connectivity index (χ4v) is 4.50. The molecule has 1 fully saturated rings. The van der Waals surface area contributed by atoms with E-state index in [-0.39, 0.29) is 17.8 Å². The summed E-state index contributed by atoms with van der Waals surface area (Å²) in [6.07, 6.45) is 4.33. The van der Waals surface area contributed by atoms with Gasteiger partial charge in [-0.2, -0.15) is 0 Å². The molecular weight excluding hydrogens is 376 g/mol. The van der Waals surface area contributed by atoms with Crippen LogP contribution in [0.2, 0.25) is 0 Å². The second kappa shape index (κ2) is 7.33. The summed E-state index contributed by atoms with van der Waals surface area (Å²) >= 11 is 0. The summed E-state index contributed by atoms with van der Waals surface area (Å²) in [6.45, 7) is 3.37. The van der Waals surface area contributed by atoms with Crippen molar-refractivity contribution < 1.29 is 13.5 Å². The molecular formula is C21H23F2N5O. The first-order chi connectivity index (χ1) is 14.1. The van der Waals surface area contributed by atoms with Gasteiger partial charge >= 0.3 is 0 Å². The predicted octanol–water partition coefficient (Wildman–Crippen LogP) is 3.89. The summed E-state index contributed by atoms with van der Waals surface area (Å²) in [4.78, 5) is 12.9. The SMILES string of the molecule is Cc1ncnc2c1ccn2C1CCC(Oc2nc(C(F)F)cc3c2CNCC3)C1. The third-order valence-corrected chi connectivity index (χ3v) is 6.03. The smallest absolute Gasteiger partial charge is 0.280 e. The summed E-state index contributed by atoms with van der Waals surface area (Å²) in [5.41, 5.74) is 3.54. The minimum absolute atomic E-state index is 0.0492. The first kappa shape index (κ1) is 18.4. The third kappa shape index (κ3) is 3.35. The summed E-state index contributed by atoms with van der Waals surface area (Å²) in [5.74, 6) is 0.367. The van der Waals surface area contributed by atoms with Crippen molar-refractivity contribution in [3.05, 3.63) is 47.2 Å². The lowest BCUT2D eigenvalue weighted by atomic mass is 10.0. The van der Waals surface area contributed by atoms with Crippen molar-refractivity contribution in [2.45, 2.75) is 57.7 Å². The van der Waals surface area contributed by atoms with E-state index in [1.165, 1.54) is 6.07 Å². The molecule has 3 aromatic heterocycles. The topological polar surface area (TPSA) is 64.9 Å². The van der Waals surface area contributed by atoms with E-state index in [0.717, 1.165) is 60.1 Å².